The molecule has 7 heteroatoms. The van der Waals surface area contributed by atoms with E-state index >= 15 is 0 Å². The molecule has 0 unspecified atom stereocenters. The number of carbonyl (C=O) groups is 1. The fourth-order valence-corrected chi connectivity index (χ4v) is 1.60. The van der Waals surface area contributed by atoms with Gasteiger partial charge < -0.3 is 14.8 Å². The van der Waals surface area contributed by atoms with E-state index in [9.17, 15) is 18.0 Å². The lowest BCUT2D eigenvalue weighted by Crippen LogP contribution is -2.17. The fraction of sp³-hybridized carbons (Fsp3) is 0.500. The monoisotopic (exact) mass is 305 g/mol. The van der Waals surface area contributed by atoms with Crippen LogP contribution in [-0.2, 0) is 20.4 Å². The Bertz CT molecular complexity index is 475. The molecule has 0 aliphatic rings. The fourth-order valence-electron chi connectivity index (χ4n) is 1.60. The minimum Gasteiger partial charge on any atom is -0.464 e. The van der Waals surface area contributed by atoms with Crippen molar-refractivity contribution >= 4 is 11.7 Å². The second-order valence-electron chi connectivity index (χ2n) is 4.31. The third kappa shape index (κ3) is 6.03. The van der Waals surface area contributed by atoms with Crippen LogP contribution in [0.1, 0.15) is 18.1 Å². The summed E-state index contributed by atoms with van der Waals surface area (Å²) in [6.07, 6.45) is -4.37. The lowest BCUT2D eigenvalue weighted by atomic mass is 10.1. The summed E-state index contributed by atoms with van der Waals surface area (Å²) >= 11 is 0. The summed E-state index contributed by atoms with van der Waals surface area (Å²) in [6, 6.07) is 3.50. The molecule has 0 amide bonds. The van der Waals surface area contributed by atoms with Crippen molar-refractivity contribution in [3.05, 3.63) is 29.3 Å². The van der Waals surface area contributed by atoms with Gasteiger partial charge in [-0.1, -0.05) is 6.07 Å². The van der Waals surface area contributed by atoms with Crippen molar-refractivity contribution in [2.75, 3.05) is 31.7 Å². The molecule has 0 fully saturated rings. The Balaban J connectivity index is 2.43. The van der Waals surface area contributed by atoms with Crippen LogP contribution < -0.4 is 5.32 Å². The summed E-state index contributed by atoms with van der Waals surface area (Å²) < 4.78 is 47.5. The Labute approximate surface area is 121 Å². The first-order valence-corrected chi connectivity index (χ1v) is 6.49. The van der Waals surface area contributed by atoms with Gasteiger partial charge in [-0.2, -0.15) is 13.2 Å². The van der Waals surface area contributed by atoms with Crippen molar-refractivity contribution in [1.82, 2.24) is 0 Å². The van der Waals surface area contributed by atoms with Gasteiger partial charge in [-0.05, 0) is 31.5 Å². The summed E-state index contributed by atoms with van der Waals surface area (Å²) in [4.78, 5) is 11.0. The van der Waals surface area contributed by atoms with Crippen LogP contribution in [0, 0.1) is 6.92 Å². The smallest absolute Gasteiger partial charge is 0.416 e. The zero-order chi connectivity index (χ0) is 15.9. The van der Waals surface area contributed by atoms with Crippen LogP contribution in [0.15, 0.2) is 18.2 Å². The van der Waals surface area contributed by atoms with Gasteiger partial charge in [0.1, 0.15) is 6.61 Å². The number of halogens is 3. The van der Waals surface area contributed by atoms with Gasteiger partial charge in [0.15, 0.2) is 0 Å². The average molecular weight is 305 g/mol. The number of nitrogens with one attached hydrogen (secondary N) is 1. The first-order valence-electron chi connectivity index (χ1n) is 6.49. The predicted molar refractivity (Wildman–Crippen MR) is 72.1 cm³/mol. The van der Waals surface area contributed by atoms with Crippen molar-refractivity contribution < 1.29 is 27.4 Å². The summed E-state index contributed by atoms with van der Waals surface area (Å²) in [6.45, 7) is 3.99. The number of esters is 1. The molecule has 1 rings (SSSR count). The first kappa shape index (κ1) is 17.3. The Morgan fingerprint density at radius 3 is 2.67 bits per heavy atom. The van der Waals surface area contributed by atoms with Crippen LogP contribution in [0.25, 0.3) is 0 Å². The van der Waals surface area contributed by atoms with Gasteiger partial charge in [0.05, 0.1) is 18.8 Å². The largest absolute Gasteiger partial charge is 0.464 e. The van der Waals surface area contributed by atoms with Gasteiger partial charge in [-0.25, -0.2) is 4.79 Å². The van der Waals surface area contributed by atoms with Gasteiger partial charge in [0, 0.05) is 12.2 Å². The van der Waals surface area contributed by atoms with Crippen molar-refractivity contribution in [3.8, 4) is 0 Å². The van der Waals surface area contributed by atoms with E-state index in [1.807, 2.05) is 0 Å². The Hall–Kier alpha value is -1.76. The highest BCUT2D eigenvalue weighted by molar-refractivity contribution is 5.70. The highest BCUT2D eigenvalue weighted by Gasteiger charge is 2.30. The summed E-state index contributed by atoms with van der Waals surface area (Å²) in [7, 11) is 0. The molecule has 0 bridgehead atoms. The van der Waals surface area contributed by atoms with Crippen LogP contribution in [0.4, 0.5) is 18.9 Å². The van der Waals surface area contributed by atoms with E-state index in [1.54, 1.807) is 13.8 Å². The Morgan fingerprint density at radius 2 is 2.05 bits per heavy atom. The number of ether oxygens (including phenoxy) is 2. The number of benzene rings is 1. The number of hydrogen-bond donors (Lipinski definition) is 1. The van der Waals surface area contributed by atoms with E-state index in [0.29, 0.717) is 17.8 Å². The standard InChI is InChI=1S/C14H18F3NO3/c1-3-21-13(19)9-20-7-6-18-12-8-11(14(15,16)17)5-4-10(12)2/h4-5,8,18H,3,6-7,9H2,1-2H3. The Kier molecular flexibility index (Phi) is 6.48. The number of aryl methyl sites for hydroxylation is 1. The molecule has 4 nitrogen and oxygen atoms in total. The molecular formula is C14H18F3NO3. The third-order valence-electron chi connectivity index (χ3n) is 2.65. The maximum atomic E-state index is 12.6. The molecule has 1 aromatic rings. The van der Waals surface area contributed by atoms with Gasteiger partial charge >= 0.3 is 12.1 Å². The molecule has 0 spiro atoms. The molecule has 118 valence electrons. The van der Waals surface area contributed by atoms with Gasteiger partial charge in [0.25, 0.3) is 0 Å². The maximum absolute atomic E-state index is 12.6. The molecular weight excluding hydrogens is 287 g/mol. The number of alkyl halides is 3. The van der Waals surface area contributed by atoms with Crippen molar-refractivity contribution in [1.29, 1.82) is 0 Å². The van der Waals surface area contributed by atoms with Crippen molar-refractivity contribution in [3.63, 3.8) is 0 Å². The minimum atomic E-state index is -4.37. The van der Waals surface area contributed by atoms with Gasteiger partial charge in [0.2, 0.25) is 0 Å². The summed E-state index contributed by atoms with van der Waals surface area (Å²) in [5.74, 6) is -0.465. The number of carbonyl (C=O) groups excluding carboxylic acids is 1. The predicted octanol–water partition coefficient (Wildman–Crippen LogP) is 3.01. The molecule has 0 aromatic heterocycles. The second kappa shape index (κ2) is 7.87. The molecule has 0 heterocycles. The molecule has 21 heavy (non-hydrogen) atoms. The van der Waals surface area contributed by atoms with E-state index < -0.39 is 17.7 Å². The lowest BCUT2D eigenvalue weighted by Gasteiger charge is -2.13. The number of anilines is 1. The molecule has 0 saturated heterocycles. The second-order valence-corrected chi connectivity index (χ2v) is 4.31. The van der Waals surface area contributed by atoms with Gasteiger partial charge in [-0.3, -0.25) is 0 Å². The zero-order valence-corrected chi connectivity index (χ0v) is 11.9. The summed E-state index contributed by atoms with van der Waals surface area (Å²) in [5.41, 5.74) is 0.390. The van der Waals surface area contributed by atoms with E-state index in [4.69, 9.17) is 4.74 Å². The van der Waals surface area contributed by atoms with Crippen LogP contribution in [-0.4, -0.2) is 32.3 Å². The van der Waals surface area contributed by atoms with Gasteiger partial charge in [-0.15, -0.1) is 0 Å². The quantitative estimate of drug-likeness (QED) is 0.621. The number of rotatable bonds is 7. The van der Waals surface area contributed by atoms with Crippen LogP contribution >= 0.6 is 0 Å². The molecule has 1 N–H and O–H groups in total. The topological polar surface area (TPSA) is 47.6 Å². The van der Waals surface area contributed by atoms with E-state index in [0.717, 1.165) is 12.1 Å². The van der Waals surface area contributed by atoms with Crippen LogP contribution in [0.3, 0.4) is 0 Å². The normalized spacial score (nSPS) is 11.3. The van der Waals surface area contributed by atoms with Crippen molar-refractivity contribution in [2.45, 2.75) is 20.0 Å². The maximum Gasteiger partial charge on any atom is 0.416 e. The zero-order valence-electron chi connectivity index (χ0n) is 11.9. The van der Waals surface area contributed by atoms with E-state index in [2.05, 4.69) is 10.1 Å². The first-order chi connectivity index (χ1) is 9.84. The molecule has 0 saturated carbocycles. The van der Waals surface area contributed by atoms with E-state index in [-0.39, 0.29) is 19.8 Å². The van der Waals surface area contributed by atoms with Crippen molar-refractivity contribution in [2.24, 2.45) is 0 Å². The Morgan fingerprint density at radius 1 is 1.33 bits per heavy atom. The summed E-state index contributed by atoms with van der Waals surface area (Å²) in [5, 5.41) is 2.85. The highest BCUT2D eigenvalue weighted by atomic mass is 19.4. The minimum absolute atomic E-state index is 0.170. The van der Waals surface area contributed by atoms with Crippen LogP contribution in [0.5, 0.6) is 0 Å². The third-order valence-corrected chi connectivity index (χ3v) is 2.65. The molecule has 0 radical (unpaired) electrons. The molecule has 0 aliphatic carbocycles. The number of hydrogen-bond acceptors (Lipinski definition) is 4. The van der Waals surface area contributed by atoms with E-state index in [1.165, 1.54) is 6.07 Å². The molecule has 0 aliphatic heterocycles. The average Bonchev–Trinajstić information content (AvgIpc) is 2.39. The highest BCUT2D eigenvalue weighted by Crippen LogP contribution is 2.31. The molecule has 1 aromatic carbocycles. The SMILES string of the molecule is CCOC(=O)COCCNc1cc(C(F)(F)F)ccc1C. The van der Waals surface area contributed by atoms with Crippen LogP contribution in [0.2, 0.25) is 0 Å². The lowest BCUT2D eigenvalue weighted by molar-refractivity contribution is -0.148. The molecule has 0 atom stereocenters.